The van der Waals surface area contributed by atoms with Crippen LogP contribution in [0.1, 0.15) is 24.8 Å². The largest absolute Gasteiger partial charge is 0.392 e. The third-order valence-electron chi connectivity index (χ3n) is 3.24. The monoisotopic (exact) mass is 240 g/mol. The fraction of sp³-hybridized carbons (Fsp3) is 0.583. The fourth-order valence-electron chi connectivity index (χ4n) is 1.95. The molecule has 16 heavy (non-hydrogen) atoms. The first-order valence-corrected chi connectivity index (χ1v) is 6.05. The van der Waals surface area contributed by atoms with Gasteiger partial charge in [0.25, 0.3) is 0 Å². The molecule has 2 rings (SSSR count). The van der Waals surface area contributed by atoms with E-state index in [1.165, 1.54) is 19.3 Å². The average Bonchev–Trinajstić information content (AvgIpc) is 2.24. The van der Waals surface area contributed by atoms with Crippen molar-refractivity contribution in [3.05, 3.63) is 22.8 Å². The normalized spacial score (nSPS) is 15.9. The van der Waals surface area contributed by atoms with Crippen molar-refractivity contribution < 1.29 is 5.11 Å². The molecule has 0 saturated heterocycles. The van der Waals surface area contributed by atoms with Gasteiger partial charge in [-0.3, -0.25) is 0 Å². The molecule has 1 N–H and O–H groups in total. The van der Waals surface area contributed by atoms with Gasteiger partial charge in [-0.1, -0.05) is 18.0 Å². The van der Waals surface area contributed by atoms with Gasteiger partial charge in [-0.05, 0) is 24.8 Å². The van der Waals surface area contributed by atoms with Gasteiger partial charge in [-0.15, -0.1) is 0 Å². The first-order chi connectivity index (χ1) is 7.70. The number of pyridine rings is 1. The average molecular weight is 241 g/mol. The molecule has 1 aliphatic carbocycles. The SMILES string of the molecule is CN(CC1CCC1)c1cc(CO)c(Cl)cn1. The van der Waals surface area contributed by atoms with Gasteiger partial charge in [-0.25, -0.2) is 4.98 Å². The van der Waals surface area contributed by atoms with E-state index in [1.54, 1.807) is 6.20 Å². The van der Waals surface area contributed by atoms with Crippen LogP contribution in [0.2, 0.25) is 5.02 Å². The Hall–Kier alpha value is -0.800. The number of hydrogen-bond acceptors (Lipinski definition) is 3. The van der Waals surface area contributed by atoms with E-state index in [4.69, 9.17) is 16.7 Å². The van der Waals surface area contributed by atoms with Crippen molar-refractivity contribution in [3.8, 4) is 0 Å². The molecule has 0 aromatic carbocycles. The highest BCUT2D eigenvalue weighted by Gasteiger charge is 2.19. The van der Waals surface area contributed by atoms with Crippen molar-refractivity contribution in [3.63, 3.8) is 0 Å². The third kappa shape index (κ3) is 2.47. The van der Waals surface area contributed by atoms with Crippen LogP contribution in [-0.4, -0.2) is 23.7 Å². The van der Waals surface area contributed by atoms with Crippen LogP contribution in [0.15, 0.2) is 12.3 Å². The molecule has 0 bridgehead atoms. The smallest absolute Gasteiger partial charge is 0.128 e. The Labute approximate surface area is 101 Å². The second-order valence-electron chi connectivity index (χ2n) is 4.47. The Morgan fingerprint density at radius 3 is 2.88 bits per heavy atom. The number of rotatable bonds is 4. The number of halogens is 1. The van der Waals surface area contributed by atoms with Gasteiger partial charge in [-0.2, -0.15) is 0 Å². The summed E-state index contributed by atoms with van der Waals surface area (Å²) in [6, 6.07) is 1.86. The summed E-state index contributed by atoms with van der Waals surface area (Å²) in [6.07, 6.45) is 5.61. The summed E-state index contributed by atoms with van der Waals surface area (Å²) in [4.78, 5) is 6.42. The van der Waals surface area contributed by atoms with Crippen LogP contribution in [0.4, 0.5) is 5.82 Å². The lowest BCUT2D eigenvalue weighted by Crippen LogP contribution is -2.29. The maximum absolute atomic E-state index is 9.13. The summed E-state index contributed by atoms with van der Waals surface area (Å²) in [7, 11) is 2.04. The Bertz CT molecular complexity index is 366. The van der Waals surface area contributed by atoms with Gasteiger partial charge in [0.15, 0.2) is 0 Å². The van der Waals surface area contributed by atoms with E-state index >= 15 is 0 Å². The van der Waals surface area contributed by atoms with Gasteiger partial charge in [0, 0.05) is 25.4 Å². The lowest BCUT2D eigenvalue weighted by atomic mass is 9.85. The zero-order chi connectivity index (χ0) is 11.5. The van der Waals surface area contributed by atoms with Crippen molar-refractivity contribution in [2.75, 3.05) is 18.5 Å². The molecule has 0 spiro atoms. The molecule has 1 aromatic rings. The van der Waals surface area contributed by atoms with E-state index in [2.05, 4.69) is 9.88 Å². The van der Waals surface area contributed by atoms with E-state index < -0.39 is 0 Å². The number of nitrogens with zero attached hydrogens (tertiary/aromatic N) is 2. The highest BCUT2D eigenvalue weighted by molar-refractivity contribution is 6.31. The van der Waals surface area contributed by atoms with E-state index in [1.807, 2.05) is 13.1 Å². The molecule has 4 heteroatoms. The molecule has 1 aliphatic rings. The van der Waals surface area contributed by atoms with Crippen LogP contribution < -0.4 is 4.90 Å². The van der Waals surface area contributed by atoms with E-state index in [0.717, 1.165) is 23.8 Å². The number of aliphatic hydroxyl groups is 1. The topological polar surface area (TPSA) is 36.4 Å². The van der Waals surface area contributed by atoms with Gasteiger partial charge < -0.3 is 10.0 Å². The molecule has 1 aromatic heterocycles. The zero-order valence-electron chi connectivity index (χ0n) is 9.49. The molecule has 1 saturated carbocycles. The van der Waals surface area contributed by atoms with Gasteiger partial charge in [0.05, 0.1) is 11.6 Å². The van der Waals surface area contributed by atoms with Crippen molar-refractivity contribution in [2.24, 2.45) is 5.92 Å². The number of aliphatic hydroxyl groups excluding tert-OH is 1. The maximum Gasteiger partial charge on any atom is 0.128 e. The van der Waals surface area contributed by atoms with Crippen LogP contribution in [0, 0.1) is 5.92 Å². The summed E-state index contributed by atoms with van der Waals surface area (Å²) in [5.41, 5.74) is 0.743. The van der Waals surface area contributed by atoms with Crippen molar-refractivity contribution in [1.82, 2.24) is 4.98 Å². The summed E-state index contributed by atoms with van der Waals surface area (Å²) in [6.45, 7) is 1.01. The molecule has 0 unspecified atom stereocenters. The Kier molecular flexibility index (Phi) is 3.66. The predicted molar refractivity (Wildman–Crippen MR) is 65.8 cm³/mol. The summed E-state index contributed by atoms with van der Waals surface area (Å²) in [5.74, 6) is 1.69. The van der Waals surface area contributed by atoms with Crippen molar-refractivity contribution in [1.29, 1.82) is 0 Å². The second kappa shape index (κ2) is 5.02. The highest BCUT2D eigenvalue weighted by Crippen LogP contribution is 2.28. The molecule has 3 nitrogen and oxygen atoms in total. The minimum Gasteiger partial charge on any atom is -0.392 e. The first-order valence-electron chi connectivity index (χ1n) is 5.67. The number of anilines is 1. The highest BCUT2D eigenvalue weighted by atomic mass is 35.5. The molecule has 0 radical (unpaired) electrons. The van der Waals surface area contributed by atoms with Crippen LogP contribution in [0.5, 0.6) is 0 Å². The van der Waals surface area contributed by atoms with Crippen molar-refractivity contribution >= 4 is 17.4 Å². The maximum atomic E-state index is 9.13. The second-order valence-corrected chi connectivity index (χ2v) is 4.88. The van der Waals surface area contributed by atoms with E-state index in [-0.39, 0.29) is 6.61 Å². The summed E-state index contributed by atoms with van der Waals surface area (Å²) < 4.78 is 0. The minimum absolute atomic E-state index is 0.0361. The number of hydrogen-bond donors (Lipinski definition) is 1. The summed E-state index contributed by atoms with van der Waals surface area (Å²) >= 11 is 5.90. The first kappa shape index (κ1) is 11.7. The molecular formula is C12H17ClN2O. The molecule has 1 heterocycles. The van der Waals surface area contributed by atoms with Crippen LogP contribution in [0.3, 0.4) is 0 Å². The van der Waals surface area contributed by atoms with Gasteiger partial charge in [0.2, 0.25) is 0 Å². The molecule has 0 aliphatic heterocycles. The van der Waals surface area contributed by atoms with Gasteiger partial charge in [0.1, 0.15) is 5.82 Å². The zero-order valence-corrected chi connectivity index (χ0v) is 10.2. The molecule has 88 valence electrons. The van der Waals surface area contributed by atoms with E-state index in [9.17, 15) is 0 Å². The minimum atomic E-state index is -0.0361. The van der Waals surface area contributed by atoms with Crippen LogP contribution >= 0.6 is 11.6 Å². The summed E-state index contributed by atoms with van der Waals surface area (Å²) in [5, 5.41) is 9.66. The lowest BCUT2D eigenvalue weighted by molar-refractivity contribution is 0.281. The Morgan fingerprint density at radius 1 is 1.56 bits per heavy atom. The number of aromatic nitrogens is 1. The third-order valence-corrected chi connectivity index (χ3v) is 3.58. The van der Waals surface area contributed by atoms with Crippen LogP contribution in [-0.2, 0) is 6.61 Å². The Balaban J connectivity index is 2.06. The molecular weight excluding hydrogens is 224 g/mol. The standard InChI is InChI=1S/C12H17ClN2O/c1-15(7-9-3-2-4-9)12-5-10(8-16)11(13)6-14-12/h5-6,9,16H,2-4,7-8H2,1H3. The van der Waals surface area contributed by atoms with Crippen molar-refractivity contribution in [2.45, 2.75) is 25.9 Å². The fourth-order valence-corrected chi connectivity index (χ4v) is 2.12. The van der Waals surface area contributed by atoms with Gasteiger partial charge >= 0.3 is 0 Å². The predicted octanol–water partition coefficient (Wildman–Crippen LogP) is 2.46. The van der Waals surface area contributed by atoms with Crippen LogP contribution in [0.25, 0.3) is 0 Å². The molecule has 0 atom stereocenters. The van der Waals surface area contributed by atoms with E-state index in [0.29, 0.717) is 5.02 Å². The Morgan fingerprint density at radius 2 is 2.31 bits per heavy atom. The lowest BCUT2D eigenvalue weighted by Gasteiger charge is -2.30. The molecule has 1 fully saturated rings. The quantitative estimate of drug-likeness (QED) is 0.879. The molecule has 0 amide bonds.